The Morgan fingerprint density at radius 1 is 0.935 bits per heavy atom. The van der Waals surface area contributed by atoms with E-state index in [0.29, 0.717) is 5.92 Å². The molecule has 2 heteroatoms. The first-order valence-corrected chi connectivity index (χ1v) is 12.6. The molecule has 1 nitrogen and oxygen atoms in total. The summed E-state index contributed by atoms with van der Waals surface area (Å²) in [4.78, 5) is 1.58. The summed E-state index contributed by atoms with van der Waals surface area (Å²) < 4.78 is 2.51. The molecule has 0 amide bonds. The molecule has 1 atom stereocenters. The normalized spacial score (nSPS) is 17.0. The van der Waals surface area contributed by atoms with Gasteiger partial charge in [-0.1, -0.05) is 90.1 Å². The highest BCUT2D eigenvalue weighted by Crippen LogP contribution is 2.38. The smallest absolute Gasteiger partial charge is 0.153 e. The Balaban J connectivity index is 1.97. The molecule has 0 radical (unpaired) electrons. The molecule has 1 aliphatic rings. The Kier molecular flexibility index (Phi) is 5.67. The largest absolute Gasteiger partial charge is 0.231 e. The molecule has 164 valence electrons. The third-order valence-corrected chi connectivity index (χ3v) is 8.02. The van der Waals surface area contributed by atoms with Gasteiger partial charge in [-0.05, 0) is 59.3 Å². The van der Waals surface area contributed by atoms with Gasteiger partial charge in [-0.25, -0.2) is 0 Å². The molecule has 1 aliphatic carbocycles. The molecule has 0 aliphatic heterocycles. The van der Waals surface area contributed by atoms with Gasteiger partial charge < -0.3 is 0 Å². The molecule has 0 fully saturated rings. The number of benzene rings is 2. The number of rotatable bonds is 2. The fraction of sp³-hybridized carbons (Fsp3) is 0.483. The van der Waals surface area contributed by atoms with Crippen LogP contribution >= 0.6 is 11.3 Å². The molecule has 1 heterocycles. The molecule has 3 aromatic rings. The van der Waals surface area contributed by atoms with Crippen molar-refractivity contribution in [3.05, 3.63) is 69.2 Å². The van der Waals surface area contributed by atoms with Gasteiger partial charge in [0.1, 0.15) is 0 Å². The standard InChI is InChI=1S/C29H38NS/c1-19-11-9-13-24(26(19)30-18-31-27-20(2)12-10-14-25(27)30)21-15-22(28(3,4)5)17-23(16-21)29(6,7)8/h9,11,13,15-18,20H,10,12,14H2,1-8H3/q+1. The van der Waals surface area contributed by atoms with Crippen molar-refractivity contribution in [3.8, 4) is 16.8 Å². The van der Waals surface area contributed by atoms with Crippen molar-refractivity contribution >= 4 is 11.3 Å². The maximum absolute atomic E-state index is 2.51. The lowest BCUT2D eigenvalue weighted by Crippen LogP contribution is -2.36. The molecule has 0 saturated carbocycles. The first-order valence-electron chi connectivity index (χ1n) is 11.7. The monoisotopic (exact) mass is 432 g/mol. The highest BCUT2D eigenvalue weighted by Gasteiger charge is 2.31. The average molecular weight is 433 g/mol. The second-order valence-electron chi connectivity index (χ2n) is 11.5. The third-order valence-electron chi connectivity index (χ3n) is 6.81. The summed E-state index contributed by atoms with van der Waals surface area (Å²) >= 11 is 1.95. The summed E-state index contributed by atoms with van der Waals surface area (Å²) in [5, 5.41) is 0. The zero-order valence-corrected chi connectivity index (χ0v) is 21.4. The molecule has 0 saturated heterocycles. The minimum atomic E-state index is 0.115. The number of aryl methyl sites for hydroxylation is 1. The van der Waals surface area contributed by atoms with Gasteiger partial charge in [0, 0.05) is 12.0 Å². The highest BCUT2D eigenvalue weighted by atomic mass is 32.1. The van der Waals surface area contributed by atoms with Gasteiger partial charge in [-0.2, -0.15) is 4.57 Å². The SMILES string of the molecule is Cc1cccc(-c2cc(C(C)(C)C)cc(C(C)(C)C)c2)c1-[n+]1csc2c1CCCC2C. The predicted molar refractivity (Wildman–Crippen MR) is 135 cm³/mol. The summed E-state index contributed by atoms with van der Waals surface area (Å²) in [6.45, 7) is 18.6. The van der Waals surface area contributed by atoms with Gasteiger partial charge in [-0.3, -0.25) is 0 Å². The minimum Gasteiger partial charge on any atom is -0.153 e. The van der Waals surface area contributed by atoms with Gasteiger partial charge in [0.15, 0.2) is 0 Å². The van der Waals surface area contributed by atoms with Crippen molar-refractivity contribution in [2.45, 2.75) is 91.4 Å². The lowest BCUT2D eigenvalue weighted by Gasteiger charge is -2.26. The minimum absolute atomic E-state index is 0.115. The average Bonchev–Trinajstić information content (AvgIpc) is 3.11. The molecule has 1 unspecified atom stereocenters. The fourth-order valence-corrected chi connectivity index (χ4v) is 5.90. The topological polar surface area (TPSA) is 3.88 Å². The second kappa shape index (κ2) is 7.89. The number of hydrogen-bond acceptors (Lipinski definition) is 1. The van der Waals surface area contributed by atoms with Crippen LogP contribution in [0.1, 0.15) is 94.5 Å². The summed E-state index contributed by atoms with van der Waals surface area (Å²) in [5.74, 6) is 0.680. The second-order valence-corrected chi connectivity index (χ2v) is 12.4. The van der Waals surface area contributed by atoms with Gasteiger partial charge >= 0.3 is 0 Å². The van der Waals surface area contributed by atoms with Crippen molar-refractivity contribution in [3.63, 3.8) is 0 Å². The van der Waals surface area contributed by atoms with E-state index in [1.54, 1.807) is 4.88 Å². The Labute approximate surface area is 193 Å². The molecule has 0 spiro atoms. The van der Waals surface area contributed by atoms with E-state index in [4.69, 9.17) is 0 Å². The quantitative estimate of drug-likeness (QED) is 0.361. The summed E-state index contributed by atoms with van der Waals surface area (Å²) in [7, 11) is 0. The summed E-state index contributed by atoms with van der Waals surface area (Å²) in [5.41, 5.74) is 12.3. The first kappa shape index (κ1) is 22.3. The summed E-state index contributed by atoms with van der Waals surface area (Å²) in [6.07, 6.45) is 3.79. The van der Waals surface area contributed by atoms with E-state index >= 15 is 0 Å². The molecular weight excluding hydrogens is 394 g/mol. The number of thiazole rings is 1. The molecule has 2 aromatic carbocycles. The number of nitrogens with zero attached hydrogens (tertiary/aromatic N) is 1. The zero-order valence-electron chi connectivity index (χ0n) is 20.6. The number of fused-ring (bicyclic) bond motifs is 1. The van der Waals surface area contributed by atoms with E-state index in [1.807, 2.05) is 11.3 Å². The molecule has 0 bridgehead atoms. The van der Waals surface area contributed by atoms with Gasteiger partial charge in [-0.15, -0.1) is 0 Å². The maximum atomic E-state index is 2.51. The Morgan fingerprint density at radius 3 is 2.19 bits per heavy atom. The van der Waals surface area contributed by atoms with E-state index in [-0.39, 0.29) is 10.8 Å². The Hall–Kier alpha value is -1.93. The maximum Gasteiger partial charge on any atom is 0.231 e. The van der Waals surface area contributed by atoms with Crippen LogP contribution in [0.15, 0.2) is 41.9 Å². The van der Waals surface area contributed by atoms with E-state index in [9.17, 15) is 0 Å². The van der Waals surface area contributed by atoms with Gasteiger partial charge in [0.2, 0.25) is 16.9 Å². The van der Waals surface area contributed by atoms with Crippen LogP contribution < -0.4 is 4.57 Å². The number of aromatic nitrogens is 1. The van der Waals surface area contributed by atoms with Crippen molar-refractivity contribution in [2.75, 3.05) is 0 Å². The third kappa shape index (κ3) is 4.24. The van der Waals surface area contributed by atoms with Gasteiger partial charge in [0.25, 0.3) is 0 Å². The first-order chi connectivity index (χ1) is 14.5. The van der Waals surface area contributed by atoms with Crippen LogP contribution in [0.3, 0.4) is 0 Å². The molecule has 0 N–H and O–H groups in total. The van der Waals surface area contributed by atoms with Crippen LogP contribution in [-0.2, 0) is 17.3 Å². The van der Waals surface area contributed by atoms with Crippen LogP contribution in [0.4, 0.5) is 0 Å². The molecular formula is C29H38NS+. The predicted octanol–water partition coefficient (Wildman–Crippen LogP) is 8.04. The van der Waals surface area contributed by atoms with E-state index in [2.05, 4.69) is 102 Å². The fourth-order valence-electron chi connectivity index (χ4n) is 4.76. The zero-order chi connectivity index (χ0) is 22.6. The van der Waals surface area contributed by atoms with E-state index in [1.165, 1.54) is 58.5 Å². The molecule has 1 aromatic heterocycles. The van der Waals surface area contributed by atoms with Crippen LogP contribution in [0.2, 0.25) is 0 Å². The van der Waals surface area contributed by atoms with E-state index < -0.39 is 0 Å². The van der Waals surface area contributed by atoms with Gasteiger partial charge in [0.05, 0.1) is 10.4 Å². The lowest BCUT2D eigenvalue weighted by atomic mass is 9.78. The molecule has 31 heavy (non-hydrogen) atoms. The Morgan fingerprint density at radius 2 is 1.58 bits per heavy atom. The van der Waals surface area contributed by atoms with Crippen molar-refractivity contribution in [1.82, 2.24) is 0 Å². The van der Waals surface area contributed by atoms with Crippen molar-refractivity contribution < 1.29 is 4.57 Å². The summed E-state index contributed by atoms with van der Waals surface area (Å²) in [6, 6.07) is 14.1. The highest BCUT2D eigenvalue weighted by molar-refractivity contribution is 7.09. The van der Waals surface area contributed by atoms with Crippen molar-refractivity contribution in [2.24, 2.45) is 0 Å². The van der Waals surface area contributed by atoms with Crippen LogP contribution in [-0.4, -0.2) is 0 Å². The Bertz CT molecular complexity index is 1070. The van der Waals surface area contributed by atoms with Crippen LogP contribution in [0, 0.1) is 6.92 Å². The number of hydrogen-bond donors (Lipinski definition) is 0. The number of para-hydroxylation sites is 1. The lowest BCUT2D eigenvalue weighted by molar-refractivity contribution is -0.599. The van der Waals surface area contributed by atoms with Crippen LogP contribution in [0.5, 0.6) is 0 Å². The van der Waals surface area contributed by atoms with E-state index in [0.717, 1.165) is 0 Å². The van der Waals surface area contributed by atoms with Crippen LogP contribution in [0.25, 0.3) is 16.8 Å². The molecule has 4 rings (SSSR count). The van der Waals surface area contributed by atoms with Crippen molar-refractivity contribution in [1.29, 1.82) is 0 Å².